The lowest BCUT2D eigenvalue weighted by molar-refractivity contribution is 0.456. The zero-order chi connectivity index (χ0) is 44.0. The first kappa shape index (κ1) is 41.9. The second-order valence-corrected chi connectivity index (χ2v) is 16.2. The standard InChI is InChI=1S/C55H48O8/c56-48-19-13-34(14-20-48)25-38-5-1-9-42(52(38)60)31-44-11-3-7-40(54(44)62)27-36-17-23-50(58)46(29-36)33-47-30-37(18-24-51(47)59)28-41-8-4-12-45(55(41)63)32-43-10-2-6-39(53(43)61)26-35-15-21-49(57)22-16-35/h1-24,29-30,56-63H,25-28,31-33H2. The fourth-order valence-corrected chi connectivity index (χ4v) is 8.22. The first-order valence-electron chi connectivity index (χ1n) is 20.8. The fourth-order valence-electron chi connectivity index (χ4n) is 8.22. The van der Waals surface area contributed by atoms with E-state index in [0.29, 0.717) is 83.0 Å². The summed E-state index contributed by atoms with van der Waals surface area (Å²) in [5.41, 5.74) is 10.3. The minimum Gasteiger partial charge on any atom is -0.508 e. The maximum Gasteiger partial charge on any atom is 0.122 e. The minimum absolute atomic E-state index is 0.0740. The Morgan fingerprint density at radius 3 is 0.762 bits per heavy atom. The highest BCUT2D eigenvalue weighted by molar-refractivity contribution is 5.53. The minimum atomic E-state index is 0.0740. The van der Waals surface area contributed by atoms with Crippen molar-refractivity contribution in [3.63, 3.8) is 0 Å². The lowest BCUT2D eigenvalue weighted by atomic mass is 9.93. The quantitative estimate of drug-likeness (QED) is 0.0537. The Morgan fingerprint density at radius 1 is 0.222 bits per heavy atom. The second kappa shape index (κ2) is 18.4. The van der Waals surface area contributed by atoms with Crippen LogP contribution < -0.4 is 0 Å². The molecule has 8 rings (SSSR count). The van der Waals surface area contributed by atoms with E-state index in [1.165, 1.54) is 0 Å². The number of phenols is 8. The summed E-state index contributed by atoms with van der Waals surface area (Å²) in [4.78, 5) is 0. The molecular formula is C55H48O8. The zero-order valence-corrected chi connectivity index (χ0v) is 34.5. The van der Waals surface area contributed by atoms with Gasteiger partial charge in [0.15, 0.2) is 0 Å². The van der Waals surface area contributed by atoms with Crippen LogP contribution >= 0.6 is 0 Å². The van der Waals surface area contributed by atoms with Crippen molar-refractivity contribution in [2.45, 2.75) is 44.9 Å². The number of phenolic OH excluding ortho intramolecular Hbond substituents is 8. The maximum atomic E-state index is 11.4. The van der Waals surface area contributed by atoms with Crippen LogP contribution in [0.2, 0.25) is 0 Å². The SMILES string of the molecule is Oc1ccc(Cc2cccc(Cc3cccc(Cc4ccc(O)c(Cc5cc(Cc6cccc(Cc7cccc(Cc8ccc(O)cc8)c7O)c6O)ccc5O)c4)c3O)c2O)cc1. The third kappa shape index (κ3) is 9.87. The van der Waals surface area contributed by atoms with Crippen LogP contribution in [0.4, 0.5) is 0 Å². The van der Waals surface area contributed by atoms with E-state index >= 15 is 0 Å². The van der Waals surface area contributed by atoms with Gasteiger partial charge in [-0.2, -0.15) is 0 Å². The molecule has 8 heteroatoms. The van der Waals surface area contributed by atoms with Gasteiger partial charge in [-0.1, -0.05) is 121 Å². The molecule has 0 radical (unpaired) electrons. The van der Waals surface area contributed by atoms with Crippen molar-refractivity contribution in [2.24, 2.45) is 0 Å². The summed E-state index contributed by atoms with van der Waals surface area (Å²) >= 11 is 0. The molecule has 0 heterocycles. The molecule has 0 aliphatic heterocycles. The van der Waals surface area contributed by atoms with Gasteiger partial charge in [0.1, 0.15) is 46.0 Å². The van der Waals surface area contributed by atoms with Crippen molar-refractivity contribution < 1.29 is 40.9 Å². The number of hydrogen-bond acceptors (Lipinski definition) is 8. The molecule has 8 aromatic carbocycles. The summed E-state index contributed by atoms with van der Waals surface area (Å²) in [6, 6.07) is 46.7. The average molecular weight is 837 g/mol. The molecular weight excluding hydrogens is 789 g/mol. The summed E-state index contributed by atoms with van der Waals surface area (Å²) < 4.78 is 0. The van der Waals surface area contributed by atoms with E-state index < -0.39 is 0 Å². The van der Waals surface area contributed by atoms with Crippen molar-refractivity contribution in [1.29, 1.82) is 0 Å². The lowest BCUT2D eigenvalue weighted by Crippen LogP contribution is -1.99. The van der Waals surface area contributed by atoms with Crippen LogP contribution in [0, 0.1) is 0 Å². The summed E-state index contributed by atoms with van der Waals surface area (Å²) in [5.74, 6) is 1.10. The predicted molar refractivity (Wildman–Crippen MR) is 244 cm³/mol. The number of aromatic hydroxyl groups is 8. The van der Waals surface area contributed by atoms with Gasteiger partial charge < -0.3 is 40.9 Å². The Kier molecular flexibility index (Phi) is 12.2. The first-order valence-corrected chi connectivity index (χ1v) is 20.8. The van der Waals surface area contributed by atoms with E-state index in [2.05, 4.69) is 0 Å². The highest BCUT2D eigenvalue weighted by atomic mass is 16.3. The molecule has 8 nitrogen and oxygen atoms in total. The van der Waals surface area contributed by atoms with Crippen LogP contribution in [0.3, 0.4) is 0 Å². The number of rotatable bonds is 14. The van der Waals surface area contributed by atoms with Crippen LogP contribution in [0.15, 0.2) is 158 Å². The van der Waals surface area contributed by atoms with E-state index in [4.69, 9.17) is 0 Å². The van der Waals surface area contributed by atoms with Crippen LogP contribution in [-0.4, -0.2) is 40.9 Å². The average Bonchev–Trinajstić information content (AvgIpc) is 3.27. The Hall–Kier alpha value is -7.84. The third-order valence-electron chi connectivity index (χ3n) is 11.7. The molecule has 316 valence electrons. The van der Waals surface area contributed by atoms with Crippen LogP contribution in [0.25, 0.3) is 0 Å². The van der Waals surface area contributed by atoms with Crippen molar-refractivity contribution >= 4 is 0 Å². The molecule has 63 heavy (non-hydrogen) atoms. The molecule has 0 amide bonds. The van der Waals surface area contributed by atoms with Crippen molar-refractivity contribution in [2.75, 3.05) is 0 Å². The molecule has 8 N–H and O–H groups in total. The van der Waals surface area contributed by atoms with Gasteiger partial charge in [-0.3, -0.25) is 0 Å². The molecule has 0 saturated heterocycles. The number of hydrogen-bond donors (Lipinski definition) is 8. The van der Waals surface area contributed by atoms with Gasteiger partial charge in [0.25, 0.3) is 0 Å². The lowest BCUT2D eigenvalue weighted by Gasteiger charge is -2.15. The van der Waals surface area contributed by atoms with E-state index in [9.17, 15) is 40.9 Å². The number of benzene rings is 8. The Morgan fingerprint density at radius 2 is 0.460 bits per heavy atom. The molecule has 0 fully saturated rings. The third-order valence-corrected chi connectivity index (χ3v) is 11.7. The summed E-state index contributed by atoms with van der Waals surface area (Å²) in [6.07, 6.45) is 2.59. The van der Waals surface area contributed by atoms with Crippen LogP contribution in [0.1, 0.15) is 77.9 Å². The van der Waals surface area contributed by atoms with Crippen LogP contribution in [-0.2, 0) is 44.9 Å². The normalized spacial score (nSPS) is 11.2. The smallest absolute Gasteiger partial charge is 0.122 e. The van der Waals surface area contributed by atoms with Gasteiger partial charge >= 0.3 is 0 Å². The van der Waals surface area contributed by atoms with Gasteiger partial charge in [-0.25, -0.2) is 0 Å². The predicted octanol–water partition coefficient (Wildman–Crippen LogP) is 10.5. The van der Waals surface area contributed by atoms with Gasteiger partial charge in [-0.15, -0.1) is 0 Å². The largest absolute Gasteiger partial charge is 0.508 e. The van der Waals surface area contributed by atoms with E-state index in [-0.39, 0.29) is 52.4 Å². The molecule has 0 saturated carbocycles. The molecule has 0 unspecified atom stereocenters. The van der Waals surface area contributed by atoms with E-state index in [0.717, 1.165) is 33.4 Å². The molecule has 0 aromatic heterocycles. The van der Waals surface area contributed by atoms with E-state index in [1.54, 1.807) is 48.5 Å². The van der Waals surface area contributed by atoms with Crippen molar-refractivity contribution in [1.82, 2.24) is 0 Å². The van der Waals surface area contributed by atoms with Crippen LogP contribution in [0.5, 0.6) is 46.0 Å². The van der Waals surface area contributed by atoms with Gasteiger partial charge in [0.2, 0.25) is 0 Å². The molecule has 0 bridgehead atoms. The topological polar surface area (TPSA) is 162 Å². The number of para-hydroxylation sites is 4. The molecule has 8 aromatic rings. The van der Waals surface area contributed by atoms with Gasteiger partial charge in [0.05, 0.1) is 0 Å². The zero-order valence-electron chi connectivity index (χ0n) is 34.5. The molecule has 0 aliphatic carbocycles. The monoisotopic (exact) mass is 836 g/mol. The molecule has 0 spiro atoms. The Bertz CT molecular complexity index is 2700. The summed E-state index contributed by atoms with van der Waals surface area (Å²) in [5, 5.41) is 86.5. The highest BCUT2D eigenvalue weighted by Gasteiger charge is 2.17. The second-order valence-electron chi connectivity index (χ2n) is 16.2. The Labute approximate surface area is 366 Å². The molecule has 0 atom stereocenters. The fraction of sp³-hybridized carbons (Fsp3) is 0.127. The first-order chi connectivity index (χ1) is 30.5. The highest BCUT2D eigenvalue weighted by Crippen LogP contribution is 2.36. The summed E-state index contributed by atoms with van der Waals surface area (Å²) in [7, 11) is 0. The maximum absolute atomic E-state index is 11.4. The van der Waals surface area contributed by atoms with Gasteiger partial charge in [0, 0.05) is 44.9 Å². The van der Waals surface area contributed by atoms with E-state index in [1.807, 2.05) is 109 Å². The van der Waals surface area contributed by atoms with Gasteiger partial charge in [-0.05, 0) is 114 Å². The van der Waals surface area contributed by atoms with Crippen molar-refractivity contribution in [3.8, 4) is 46.0 Å². The summed E-state index contributed by atoms with van der Waals surface area (Å²) in [6.45, 7) is 0. The Balaban J connectivity index is 0.955. The molecule has 0 aliphatic rings. The van der Waals surface area contributed by atoms with Crippen molar-refractivity contribution in [3.05, 3.63) is 236 Å².